The minimum Gasteiger partial charge on any atom is -0.479 e. The Balaban J connectivity index is 2.59. The van der Waals surface area contributed by atoms with Gasteiger partial charge in [0.15, 0.2) is 6.61 Å². The number of aromatic nitrogens is 1. The third kappa shape index (κ3) is 2.73. The van der Waals surface area contributed by atoms with Gasteiger partial charge >= 0.3 is 5.97 Å². The highest BCUT2D eigenvalue weighted by molar-refractivity contribution is 5.68. The van der Waals surface area contributed by atoms with E-state index >= 15 is 0 Å². The largest absolute Gasteiger partial charge is 0.479 e. The number of carbonyl (C=O) groups is 1. The molecule has 1 rings (SSSR count). The molecular formula is C8H7N3O3. The van der Waals surface area contributed by atoms with Crippen LogP contribution in [0.25, 0.3) is 0 Å². The summed E-state index contributed by atoms with van der Waals surface area (Å²) in [6.45, 7) is -0.486. The second kappa shape index (κ2) is 4.79. The summed E-state index contributed by atoms with van der Waals surface area (Å²) in [5.74, 6) is -1.10. The van der Waals surface area contributed by atoms with Gasteiger partial charge in [-0.15, -0.1) is 0 Å². The van der Waals surface area contributed by atoms with E-state index in [-0.39, 0.29) is 0 Å². The molecule has 0 spiro atoms. The van der Waals surface area contributed by atoms with Crippen LogP contribution >= 0.6 is 0 Å². The molecule has 0 saturated carbocycles. The molecule has 0 unspecified atom stereocenters. The van der Waals surface area contributed by atoms with Gasteiger partial charge in [-0.05, 0) is 6.07 Å². The lowest BCUT2D eigenvalue weighted by Gasteiger charge is -2.04. The fourth-order valence-corrected chi connectivity index (χ4v) is 0.749. The fraction of sp³-hybridized carbons (Fsp3) is 0.125. The summed E-state index contributed by atoms with van der Waals surface area (Å²) in [5.41, 5.74) is 3.01. The van der Waals surface area contributed by atoms with Crippen LogP contribution in [0.3, 0.4) is 0 Å². The van der Waals surface area contributed by atoms with Gasteiger partial charge in [0.1, 0.15) is 6.07 Å². The monoisotopic (exact) mass is 193 g/mol. The lowest BCUT2D eigenvalue weighted by Crippen LogP contribution is -2.12. The van der Waals surface area contributed by atoms with E-state index in [0.717, 1.165) is 0 Å². The quantitative estimate of drug-likeness (QED) is 0.671. The van der Waals surface area contributed by atoms with Gasteiger partial charge in [-0.1, -0.05) is 0 Å². The van der Waals surface area contributed by atoms with Crippen LogP contribution in [0, 0.1) is 11.3 Å². The molecule has 0 bridgehead atoms. The number of nitriles is 1. The molecule has 0 aromatic carbocycles. The maximum Gasteiger partial charge on any atom is 0.332 e. The number of anilines is 1. The van der Waals surface area contributed by atoms with E-state index in [9.17, 15) is 4.79 Å². The Morgan fingerprint density at radius 2 is 2.57 bits per heavy atom. The Morgan fingerprint density at radius 3 is 3.21 bits per heavy atom. The van der Waals surface area contributed by atoms with Gasteiger partial charge in [0, 0.05) is 6.20 Å². The summed E-state index contributed by atoms with van der Waals surface area (Å²) in [6.07, 6.45) is 2.83. The molecule has 0 saturated heterocycles. The van der Waals surface area contributed by atoms with Crippen molar-refractivity contribution in [2.45, 2.75) is 0 Å². The molecule has 1 aromatic heterocycles. The van der Waals surface area contributed by atoms with Gasteiger partial charge in [-0.3, -0.25) is 15.3 Å². The molecule has 1 aromatic rings. The van der Waals surface area contributed by atoms with Gasteiger partial charge in [0.2, 0.25) is 0 Å². The molecule has 0 fully saturated rings. The molecule has 0 aliphatic rings. The molecule has 0 atom stereocenters. The molecule has 14 heavy (non-hydrogen) atoms. The van der Waals surface area contributed by atoms with Crippen molar-refractivity contribution in [3.63, 3.8) is 0 Å². The topological polar surface area (TPSA) is 95.2 Å². The number of carboxylic acid groups (broad SMARTS) is 1. The molecule has 6 heteroatoms. The highest BCUT2D eigenvalue weighted by Gasteiger charge is 2.01. The summed E-state index contributed by atoms with van der Waals surface area (Å²) in [4.78, 5) is 18.4. The average Bonchev–Trinajstić information content (AvgIpc) is 2.18. The number of carboxylic acids is 1. The molecule has 0 aliphatic heterocycles. The molecule has 0 aliphatic carbocycles. The Kier molecular flexibility index (Phi) is 3.41. The second-order valence-electron chi connectivity index (χ2n) is 2.32. The normalized spacial score (nSPS) is 9.07. The van der Waals surface area contributed by atoms with Crippen LogP contribution in [0.5, 0.6) is 0 Å². The summed E-state index contributed by atoms with van der Waals surface area (Å²) in [6, 6.07) is 3.40. The Bertz CT molecular complexity index is 372. The molecular weight excluding hydrogens is 186 g/mol. The number of nitrogens with one attached hydrogen (secondary N) is 1. The minimum atomic E-state index is -1.10. The SMILES string of the molecule is N#Cc1ccncc1NOCC(=O)O. The van der Waals surface area contributed by atoms with E-state index in [1.807, 2.05) is 6.07 Å². The van der Waals surface area contributed by atoms with E-state index < -0.39 is 12.6 Å². The Morgan fingerprint density at radius 1 is 1.79 bits per heavy atom. The highest BCUT2D eigenvalue weighted by Crippen LogP contribution is 2.10. The summed E-state index contributed by atoms with van der Waals surface area (Å²) in [5, 5.41) is 16.9. The van der Waals surface area contributed by atoms with Crippen molar-refractivity contribution in [3.05, 3.63) is 24.0 Å². The fourth-order valence-electron chi connectivity index (χ4n) is 0.749. The van der Waals surface area contributed by atoms with E-state index in [2.05, 4.69) is 15.3 Å². The average molecular weight is 193 g/mol. The second-order valence-corrected chi connectivity index (χ2v) is 2.32. The van der Waals surface area contributed by atoms with Crippen molar-refractivity contribution in [2.24, 2.45) is 0 Å². The first-order valence-electron chi connectivity index (χ1n) is 3.67. The van der Waals surface area contributed by atoms with Gasteiger partial charge in [0.25, 0.3) is 0 Å². The van der Waals surface area contributed by atoms with E-state index in [0.29, 0.717) is 11.3 Å². The maximum absolute atomic E-state index is 10.1. The first-order valence-corrected chi connectivity index (χ1v) is 3.67. The van der Waals surface area contributed by atoms with Crippen LogP contribution in [-0.4, -0.2) is 22.7 Å². The molecule has 1 heterocycles. The number of hydrogen-bond donors (Lipinski definition) is 2. The third-order valence-corrected chi connectivity index (χ3v) is 1.32. The van der Waals surface area contributed by atoms with Gasteiger partial charge in [-0.25, -0.2) is 4.79 Å². The predicted molar refractivity (Wildman–Crippen MR) is 46.2 cm³/mol. The van der Waals surface area contributed by atoms with Gasteiger partial charge in [0.05, 0.1) is 17.4 Å². The number of rotatable bonds is 4. The lowest BCUT2D eigenvalue weighted by molar-refractivity contribution is -0.141. The zero-order valence-electron chi connectivity index (χ0n) is 7.10. The van der Waals surface area contributed by atoms with Crippen molar-refractivity contribution < 1.29 is 14.7 Å². The molecule has 0 amide bonds. The summed E-state index contributed by atoms with van der Waals surface area (Å²) in [7, 11) is 0. The van der Waals surface area contributed by atoms with Crippen LogP contribution in [0.1, 0.15) is 5.56 Å². The zero-order valence-corrected chi connectivity index (χ0v) is 7.10. The Hall–Kier alpha value is -2.13. The van der Waals surface area contributed by atoms with Crippen LogP contribution < -0.4 is 5.48 Å². The predicted octanol–water partition coefficient (Wildman–Crippen LogP) is 0.381. The highest BCUT2D eigenvalue weighted by atomic mass is 16.7. The van der Waals surface area contributed by atoms with Crippen molar-refractivity contribution in [1.82, 2.24) is 4.98 Å². The molecule has 6 nitrogen and oxygen atoms in total. The molecule has 0 radical (unpaired) electrons. The standard InChI is InChI=1S/C8H7N3O3/c9-3-6-1-2-10-4-7(6)11-14-5-8(12)13/h1-2,4,11H,5H2,(H,12,13). The van der Waals surface area contributed by atoms with Crippen molar-refractivity contribution >= 4 is 11.7 Å². The number of hydrogen-bond acceptors (Lipinski definition) is 5. The van der Waals surface area contributed by atoms with E-state index in [1.54, 1.807) is 0 Å². The smallest absolute Gasteiger partial charge is 0.332 e. The van der Waals surface area contributed by atoms with Crippen molar-refractivity contribution in [1.29, 1.82) is 5.26 Å². The van der Waals surface area contributed by atoms with Crippen LogP contribution in [0.4, 0.5) is 5.69 Å². The van der Waals surface area contributed by atoms with E-state index in [4.69, 9.17) is 10.4 Å². The first kappa shape index (κ1) is 9.95. The number of aliphatic carboxylic acids is 1. The third-order valence-electron chi connectivity index (χ3n) is 1.32. The summed E-state index contributed by atoms with van der Waals surface area (Å²) >= 11 is 0. The van der Waals surface area contributed by atoms with Crippen LogP contribution in [-0.2, 0) is 9.63 Å². The van der Waals surface area contributed by atoms with E-state index in [1.165, 1.54) is 18.5 Å². The Labute approximate surface area is 79.7 Å². The number of nitrogens with zero attached hydrogens (tertiary/aromatic N) is 2. The maximum atomic E-state index is 10.1. The molecule has 72 valence electrons. The lowest BCUT2D eigenvalue weighted by atomic mass is 10.2. The van der Waals surface area contributed by atoms with Gasteiger partial charge in [-0.2, -0.15) is 5.26 Å². The molecule has 2 N–H and O–H groups in total. The van der Waals surface area contributed by atoms with Crippen LogP contribution in [0.2, 0.25) is 0 Å². The van der Waals surface area contributed by atoms with Crippen molar-refractivity contribution in [2.75, 3.05) is 12.1 Å². The minimum absolute atomic E-state index is 0.338. The summed E-state index contributed by atoms with van der Waals surface area (Å²) < 4.78 is 0. The van der Waals surface area contributed by atoms with Crippen LogP contribution in [0.15, 0.2) is 18.5 Å². The number of pyridine rings is 1. The first-order chi connectivity index (χ1) is 6.74. The van der Waals surface area contributed by atoms with Crippen molar-refractivity contribution in [3.8, 4) is 6.07 Å². The zero-order chi connectivity index (χ0) is 10.4. The van der Waals surface area contributed by atoms with Gasteiger partial charge < -0.3 is 5.11 Å².